The lowest BCUT2D eigenvalue weighted by atomic mass is 10.1. The van der Waals surface area contributed by atoms with Crippen molar-refractivity contribution in [1.29, 1.82) is 0 Å². The molecule has 0 spiro atoms. The zero-order valence-electron chi connectivity index (χ0n) is 10.9. The Bertz CT molecular complexity index is 458. The molecular weight excluding hydrogens is 232 g/mol. The molecule has 2 N–H and O–H groups in total. The number of hydrogen-bond donors (Lipinski definition) is 1. The minimum atomic E-state index is -0.578. The van der Waals surface area contributed by atoms with Crippen LogP contribution in [0.25, 0.3) is 0 Å². The number of benzene rings is 1. The van der Waals surface area contributed by atoms with Gasteiger partial charge in [0.2, 0.25) is 0 Å². The second-order valence-electron chi connectivity index (χ2n) is 4.11. The molecule has 0 fully saturated rings. The Balaban J connectivity index is 2.91. The van der Waals surface area contributed by atoms with E-state index in [0.717, 1.165) is 16.8 Å². The van der Waals surface area contributed by atoms with Crippen LogP contribution in [0.4, 0.5) is 10.5 Å². The predicted molar refractivity (Wildman–Crippen MR) is 69.5 cm³/mol. The van der Waals surface area contributed by atoms with Crippen molar-refractivity contribution in [3.05, 3.63) is 29.3 Å². The highest BCUT2D eigenvalue weighted by atomic mass is 16.5. The maximum absolute atomic E-state index is 11.4. The fourth-order valence-corrected chi connectivity index (χ4v) is 1.76. The van der Waals surface area contributed by atoms with Crippen molar-refractivity contribution in [2.75, 3.05) is 18.6 Å². The maximum Gasteiger partial charge on any atom is 0.319 e. The largest absolute Gasteiger partial charge is 0.469 e. The van der Waals surface area contributed by atoms with E-state index in [1.807, 2.05) is 32.0 Å². The van der Waals surface area contributed by atoms with Gasteiger partial charge in [-0.2, -0.15) is 0 Å². The molecule has 0 atom stereocenters. The quantitative estimate of drug-likeness (QED) is 0.827. The summed E-state index contributed by atoms with van der Waals surface area (Å²) in [5.41, 5.74) is 8.11. The first-order chi connectivity index (χ1) is 8.45. The summed E-state index contributed by atoms with van der Waals surface area (Å²) in [5.74, 6) is -0.369. The molecule has 18 heavy (non-hydrogen) atoms. The molecule has 0 radical (unpaired) electrons. The van der Waals surface area contributed by atoms with Gasteiger partial charge in [0.1, 0.15) is 0 Å². The van der Waals surface area contributed by atoms with Crippen LogP contribution < -0.4 is 10.6 Å². The lowest BCUT2D eigenvalue weighted by molar-refractivity contribution is -0.140. The molecule has 0 aliphatic carbocycles. The first-order valence-electron chi connectivity index (χ1n) is 5.66. The van der Waals surface area contributed by atoms with E-state index >= 15 is 0 Å². The van der Waals surface area contributed by atoms with Crippen LogP contribution in [0.1, 0.15) is 17.5 Å². The molecule has 98 valence electrons. The van der Waals surface area contributed by atoms with E-state index < -0.39 is 6.03 Å². The number of amides is 2. The minimum absolute atomic E-state index is 0.118. The zero-order chi connectivity index (χ0) is 13.7. The highest BCUT2D eigenvalue weighted by Crippen LogP contribution is 2.21. The molecule has 0 aromatic heterocycles. The van der Waals surface area contributed by atoms with Gasteiger partial charge in [-0.1, -0.05) is 17.7 Å². The Morgan fingerprint density at radius 3 is 2.50 bits per heavy atom. The van der Waals surface area contributed by atoms with Crippen LogP contribution in [0, 0.1) is 13.8 Å². The molecule has 1 aromatic rings. The summed E-state index contributed by atoms with van der Waals surface area (Å²) in [6.45, 7) is 4.09. The molecular formula is C13H18N2O3. The van der Waals surface area contributed by atoms with Crippen molar-refractivity contribution in [2.45, 2.75) is 20.3 Å². The van der Waals surface area contributed by atoms with Crippen molar-refractivity contribution < 1.29 is 14.3 Å². The number of urea groups is 1. The van der Waals surface area contributed by atoms with E-state index in [4.69, 9.17) is 5.73 Å². The van der Waals surface area contributed by atoms with Crippen molar-refractivity contribution >= 4 is 17.7 Å². The van der Waals surface area contributed by atoms with E-state index in [2.05, 4.69) is 4.74 Å². The van der Waals surface area contributed by atoms with Crippen LogP contribution in [0.2, 0.25) is 0 Å². The lowest BCUT2D eigenvalue weighted by Gasteiger charge is -2.22. The van der Waals surface area contributed by atoms with Gasteiger partial charge in [0.05, 0.1) is 13.5 Å². The number of methoxy groups -OCH3 is 1. The van der Waals surface area contributed by atoms with Crippen molar-refractivity contribution in [2.24, 2.45) is 5.73 Å². The fourth-order valence-electron chi connectivity index (χ4n) is 1.76. The SMILES string of the molecule is COC(=O)CCN(C(N)=O)c1ccc(C)cc1C. The highest BCUT2D eigenvalue weighted by Gasteiger charge is 2.16. The average molecular weight is 250 g/mol. The summed E-state index contributed by atoms with van der Waals surface area (Å²) in [6, 6.07) is 5.11. The number of primary amides is 1. The van der Waals surface area contributed by atoms with Crippen LogP contribution >= 0.6 is 0 Å². The number of carbonyl (C=O) groups excluding carboxylic acids is 2. The Hall–Kier alpha value is -2.04. The molecule has 0 heterocycles. The van der Waals surface area contributed by atoms with Crippen molar-refractivity contribution in [3.63, 3.8) is 0 Å². The summed E-state index contributed by atoms with van der Waals surface area (Å²) in [7, 11) is 1.31. The van der Waals surface area contributed by atoms with Crippen LogP contribution in [-0.4, -0.2) is 25.7 Å². The molecule has 5 nitrogen and oxygen atoms in total. The Morgan fingerprint density at radius 1 is 1.33 bits per heavy atom. The minimum Gasteiger partial charge on any atom is -0.469 e. The van der Waals surface area contributed by atoms with E-state index in [0.29, 0.717) is 0 Å². The van der Waals surface area contributed by atoms with Gasteiger partial charge in [-0.05, 0) is 25.5 Å². The van der Waals surface area contributed by atoms with Gasteiger partial charge in [0, 0.05) is 12.2 Å². The summed E-state index contributed by atoms with van der Waals surface area (Å²) in [5, 5.41) is 0. The molecule has 1 aromatic carbocycles. The van der Waals surface area contributed by atoms with Gasteiger partial charge < -0.3 is 10.5 Å². The fraction of sp³-hybridized carbons (Fsp3) is 0.385. The monoisotopic (exact) mass is 250 g/mol. The van der Waals surface area contributed by atoms with Gasteiger partial charge in [0.25, 0.3) is 0 Å². The molecule has 0 saturated heterocycles. The Kier molecular flexibility index (Phi) is 4.71. The van der Waals surface area contributed by atoms with E-state index in [9.17, 15) is 9.59 Å². The first-order valence-corrected chi connectivity index (χ1v) is 5.66. The normalized spacial score (nSPS) is 9.94. The third-order valence-corrected chi connectivity index (χ3v) is 2.68. The number of esters is 1. The van der Waals surface area contributed by atoms with Crippen LogP contribution in [0.5, 0.6) is 0 Å². The number of carbonyl (C=O) groups is 2. The molecule has 0 aliphatic rings. The van der Waals surface area contributed by atoms with Gasteiger partial charge in [-0.3, -0.25) is 9.69 Å². The number of aryl methyl sites for hydroxylation is 2. The molecule has 0 aliphatic heterocycles. The molecule has 0 unspecified atom stereocenters. The second kappa shape index (κ2) is 6.05. The Morgan fingerprint density at radius 2 is 2.00 bits per heavy atom. The van der Waals surface area contributed by atoms with Crippen LogP contribution in [0.3, 0.4) is 0 Å². The number of nitrogens with zero attached hydrogens (tertiary/aromatic N) is 1. The first kappa shape index (κ1) is 14.0. The number of anilines is 1. The summed E-state index contributed by atoms with van der Waals surface area (Å²) < 4.78 is 4.55. The summed E-state index contributed by atoms with van der Waals surface area (Å²) in [6.07, 6.45) is 0.118. The third-order valence-electron chi connectivity index (χ3n) is 2.68. The summed E-state index contributed by atoms with van der Waals surface area (Å²) in [4.78, 5) is 23.9. The van der Waals surface area contributed by atoms with Crippen molar-refractivity contribution in [3.8, 4) is 0 Å². The third kappa shape index (κ3) is 3.48. The van der Waals surface area contributed by atoms with Crippen LogP contribution in [-0.2, 0) is 9.53 Å². The molecule has 5 heteroatoms. The molecule has 2 amide bonds. The smallest absolute Gasteiger partial charge is 0.319 e. The average Bonchev–Trinajstić information content (AvgIpc) is 2.31. The maximum atomic E-state index is 11.4. The van der Waals surface area contributed by atoms with Gasteiger partial charge in [0.15, 0.2) is 0 Å². The van der Waals surface area contributed by atoms with Gasteiger partial charge >= 0.3 is 12.0 Å². The lowest BCUT2D eigenvalue weighted by Crippen LogP contribution is -2.37. The molecule has 0 bridgehead atoms. The second-order valence-corrected chi connectivity index (χ2v) is 4.11. The molecule has 1 rings (SSSR count). The molecule has 0 saturated carbocycles. The standard InChI is InChI=1S/C13H18N2O3/c1-9-4-5-11(10(2)8-9)15(13(14)17)7-6-12(16)18-3/h4-5,8H,6-7H2,1-3H3,(H2,14,17). The number of nitrogens with two attached hydrogens (primary N) is 1. The highest BCUT2D eigenvalue weighted by molar-refractivity contribution is 5.92. The Labute approximate surface area is 107 Å². The topological polar surface area (TPSA) is 72.6 Å². The van der Waals surface area contributed by atoms with E-state index in [-0.39, 0.29) is 18.9 Å². The number of ether oxygens (including phenoxy) is 1. The number of hydrogen-bond acceptors (Lipinski definition) is 3. The van der Waals surface area contributed by atoms with Crippen molar-refractivity contribution in [1.82, 2.24) is 0 Å². The van der Waals surface area contributed by atoms with E-state index in [1.165, 1.54) is 12.0 Å². The number of rotatable bonds is 4. The van der Waals surface area contributed by atoms with E-state index in [1.54, 1.807) is 0 Å². The van der Waals surface area contributed by atoms with Crippen LogP contribution in [0.15, 0.2) is 18.2 Å². The summed E-state index contributed by atoms with van der Waals surface area (Å²) >= 11 is 0. The predicted octanol–water partition coefficient (Wildman–Crippen LogP) is 1.75. The van der Waals surface area contributed by atoms with Gasteiger partial charge in [-0.25, -0.2) is 4.79 Å². The zero-order valence-corrected chi connectivity index (χ0v) is 10.9. The van der Waals surface area contributed by atoms with Gasteiger partial charge in [-0.15, -0.1) is 0 Å².